The lowest BCUT2D eigenvalue weighted by molar-refractivity contribution is -0.121. The van der Waals surface area contributed by atoms with Gasteiger partial charge in [0.25, 0.3) is 5.76 Å². The molecule has 0 fully saturated rings. The van der Waals surface area contributed by atoms with Crippen LogP contribution < -0.4 is 5.32 Å². The zero-order valence-corrected chi connectivity index (χ0v) is 14.4. The van der Waals surface area contributed by atoms with Crippen molar-refractivity contribution in [2.24, 2.45) is 0 Å². The SMILES string of the molecule is CCN(C)C(C(=O)Nc1ccc(SC(F)F)cc1)c1ccccc1. The minimum absolute atomic E-state index is 0.153. The Balaban J connectivity index is 2.13. The number of nitrogens with zero attached hydrogens (tertiary/aromatic N) is 1. The molecule has 0 aliphatic carbocycles. The van der Waals surface area contributed by atoms with Gasteiger partial charge in [-0.05, 0) is 43.4 Å². The van der Waals surface area contributed by atoms with Crippen LogP contribution in [0.15, 0.2) is 59.5 Å². The van der Waals surface area contributed by atoms with Crippen LogP contribution in [0.4, 0.5) is 14.5 Å². The maximum absolute atomic E-state index is 12.7. The zero-order chi connectivity index (χ0) is 17.5. The molecule has 0 saturated carbocycles. The standard InChI is InChI=1S/C18H20F2N2OS/c1-3-22(2)16(13-7-5-4-6-8-13)17(23)21-14-9-11-15(12-10-14)24-18(19)20/h4-12,16,18H,3H2,1-2H3,(H,21,23). The Bertz CT molecular complexity index is 650. The minimum Gasteiger partial charge on any atom is -0.324 e. The quantitative estimate of drug-likeness (QED) is 0.739. The van der Waals surface area contributed by atoms with E-state index in [1.54, 1.807) is 24.3 Å². The van der Waals surface area contributed by atoms with E-state index in [-0.39, 0.29) is 5.91 Å². The summed E-state index contributed by atoms with van der Waals surface area (Å²) in [5.41, 5.74) is 1.49. The number of anilines is 1. The first-order valence-corrected chi connectivity index (χ1v) is 8.50. The van der Waals surface area contributed by atoms with E-state index in [2.05, 4.69) is 5.32 Å². The average molecular weight is 350 g/mol. The van der Waals surface area contributed by atoms with Crippen molar-refractivity contribution in [2.45, 2.75) is 23.6 Å². The second kappa shape index (κ2) is 8.80. The Hall–Kier alpha value is -1.92. The highest BCUT2D eigenvalue weighted by atomic mass is 32.2. The van der Waals surface area contributed by atoms with Gasteiger partial charge in [0.1, 0.15) is 6.04 Å². The first-order chi connectivity index (χ1) is 11.5. The summed E-state index contributed by atoms with van der Waals surface area (Å²) in [6, 6.07) is 15.5. The molecule has 1 unspecified atom stereocenters. The normalized spacial score (nSPS) is 12.4. The number of thioether (sulfide) groups is 1. The van der Waals surface area contributed by atoms with E-state index in [0.29, 0.717) is 22.3 Å². The number of likely N-dealkylation sites (N-methyl/N-ethyl adjacent to an activating group) is 1. The van der Waals surface area contributed by atoms with Crippen molar-refractivity contribution in [1.82, 2.24) is 4.90 Å². The Morgan fingerprint density at radius 3 is 2.29 bits per heavy atom. The Labute approximate surface area is 145 Å². The molecule has 128 valence electrons. The molecule has 6 heteroatoms. The lowest BCUT2D eigenvalue weighted by Gasteiger charge is -2.26. The van der Waals surface area contributed by atoms with Crippen molar-refractivity contribution in [3.05, 3.63) is 60.2 Å². The molecule has 2 aromatic rings. The Kier molecular flexibility index (Phi) is 6.75. The second-order valence-corrected chi connectivity index (χ2v) is 6.34. The molecule has 1 N–H and O–H groups in total. The Morgan fingerprint density at radius 2 is 1.75 bits per heavy atom. The van der Waals surface area contributed by atoms with Gasteiger partial charge in [-0.15, -0.1) is 0 Å². The number of hydrogen-bond donors (Lipinski definition) is 1. The lowest BCUT2D eigenvalue weighted by atomic mass is 10.0. The smallest absolute Gasteiger partial charge is 0.288 e. The maximum Gasteiger partial charge on any atom is 0.288 e. The van der Waals surface area contributed by atoms with Crippen molar-refractivity contribution < 1.29 is 13.6 Å². The molecular formula is C18H20F2N2OS. The Morgan fingerprint density at radius 1 is 1.12 bits per heavy atom. The van der Waals surface area contributed by atoms with Crippen LogP contribution in [0, 0.1) is 0 Å². The van der Waals surface area contributed by atoms with Crippen LogP contribution in [0.3, 0.4) is 0 Å². The molecule has 24 heavy (non-hydrogen) atoms. The van der Waals surface area contributed by atoms with Gasteiger partial charge in [-0.1, -0.05) is 49.0 Å². The fourth-order valence-corrected chi connectivity index (χ4v) is 2.85. The maximum atomic E-state index is 12.7. The predicted molar refractivity (Wildman–Crippen MR) is 94.4 cm³/mol. The zero-order valence-electron chi connectivity index (χ0n) is 13.6. The number of carbonyl (C=O) groups excluding carboxylic acids is 1. The summed E-state index contributed by atoms with van der Waals surface area (Å²) in [4.78, 5) is 15.1. The first kappa shape index (κ1) is 18.4. The molecule has 2 aromatic carbocycles. The highest BCUT2D eigenvalue weighted by Gasteiger charge is 2.24. The number of rotatable bonds is 7. The van der Waals surface area contributed by atoms with Crippen molar-refractivity contribution in [2.75, 3.05) is 18.9 Å². The van der Waals surface area contributed by atoms with Gasteiger partial charge >= 0.3 is 0 Å². The van der Waals surface area contributed by atoms with E-state index in [1.165, 1.54) is 0 Å². The molecule has 0 radical (unpaired) electrons. The molecule has 0 aromatic heterocycles. The fraction of sp³-hybridized carbons (Fsp3) is 0.278. The van der Waals surface area contributed by atoms with Gasteiger partial charge in [0.2, 0.25) is 5.91 Å². The molecule has 3 nitrogen and oxygen atoms in total. The van der Waals surface area contributed by atoms with E-state index in [0.717, 1.165) is 12.1 Å². The van der Waals surface area contributed by atoms with Crippen LogP contribution in [0.2, 0.25) is 0 Å². The fourth-order valence-electron chi connectivity index (χ4n) is 2.35. The van der Waals surface area contributed by atoms with Crippen molar-refractivity contribution in [3.8, 4) is 0 Å². The molecule has 1 atom stereocenters. The minimum atomic E-state index is -2.45. The topological polar surface area (TPSA) is 32.3 Å². The molecule has 0 spiro atoms. The van der Waals surface area contributed by atoms with Gasteiger partial charge in [-0.2, -0.15) is 8.78 Å². The predicted octanol–water partition coefficient (Wildman–Crippen LogP) is 4.63. The van der Waals surface area contributed by atoms with Crippen molar-refractivity contribution in [3.63, 3.8) is 0 Å². The number of nitrogens with one attached hydrogen (secondary N) is 1. The molecule has 0 aliphatic rings. The molecule has 0 aliphatic heterocycles. The largest absolute Gasteiger partial charge is 0.324 e. The van der Waals surface area contributed by atoms with E-state index >= 15 is 0 Å². The van der Waals surface area contributed by atoms with Crippen LogP contribution in [0.5, 0.6) is 0 Å². The first-order valence-electron chi connectivity index (χ1n) is 7.62. The van der Waals surface area contributed by atoms with E-state index in [1.807, 2.05) is 49.2 Å². The summed E-state index contributed by atoms with van der Waals surface area (Å²) < 4.78 is 24.7. The van der Waals surface area contributed by atoms with Crippen LogP contribution in [-0.2, 0) is 4.79 Å². The molecular weight excluding hydrogens is 330 g/mol. The van der Waals surface area contributed by atoms with Crippen LogP contribution in [-0.4, -0.2) is 30.2 Å². The van der Waals surface area contributed by atoms with E-state index in [9.17, 15) is 13.6 Å². The summed E-state index contributed by atoms with van der Waals surface area (Å²) in [6.45, 7) is 2.70. The molecule has 1 amide bonds. The van der Waals surface area contributed by atoms with E-state index < -0.39 is 11.8 Å². The number of hydrogen-bond acceptors (Lipinski definition) is 3. The summed E-state index contributed by atoms with van der Waals surface area (Å²) >= 11 is 0.483. The highest BCUT2D eigenvalue weighted by Crippen LogP contribution is 2.27. The van der Waals surface area contributed by atoms with Gasteiger partial charge < -0.3 is 5.32 Å². The third kappa shape index (κ3) is 5.04. The molecule has 0 saturated heterocycles. The van der Waals surface area contributed by atoms with Gasteiger partial charge in [-0.25, -0.2) is 0 Å². The van der Waals surface area contributed by atoms with Crippen molar-refractivity contribution >= 4 is 23.4 Å². The van der Waals surface area contributed by atoms with Gasteiger partial charge in [0.05, 0.1) is 0 Å². The molecule has 0 heterocycles. The average Bonchev–Trinajstić information content (AvgIpc) is 2.57. The van der Waals surface area contributed by atoms with E-state index in [4.69, 9.17) is 0 Å². The summed E-state index contributed by atoms with van der Waals surface area (Å²) in [7, 11) is 1.89. The van der Waals surface area contributed by atoms with Crippen molar-refractivity contribution in [1.29, 1.82) is 0 Å². The van der Waals surface area contributed by atoms with Gasteiger partial charge in [-0.3, -0.25) is 9.69 Å². The number of halogens is 2. The number of carbonyl (C=O) groups is 1. The summed E-state index contributed by atoms with van der Waals surface area (Å²) in [5, 5.41) is 2.86. The van der Waals surface area contributed by atoms with Crippen LogP contribution >= 0.6 is 11.8 Å². The third-order valence-electron chi connectivity index (χ3n) is 3.65. The summed E-state index contributed by atoms with van der Waals surface area (Å²) in [6.07, 6.45) is 0. The molecule has 2 rings (SSSR count). The number of amides is 1. The molecule has 0 bridgehead atoms. The third-order valence-corrected chi connectivity index (χ3v) is 4.37. The monoisotopic (exact) mass is 350 g/mol. The summed E-state index contributed by atoms with van der Waals surface area (Å²) in [5.74, 6) is -2.61. The second-order valence-electron chi connectivity index (χ2n) is 5.28. The lowest BCUT2D eigenvalue weighted by Crippen LogP contribution is -2.34. The number of benzene rings is 2. The van der Waals surface area contributed by atoms with Gasteiger partial charge in [0.15, 0.2) is 0 Å². The number of alkyl halides is 2. The highest BCUT2D eigenvalue weighted by molar-refractivity contribution is 7.99. The van der Waals surface area contributed by atoms with Crippen LogP contribution in [0.25, 0.3) is 0 Å². The van der Waals surface area contributed by atoms with Gasteiger partial charge in [0, 0.05) is 10.6 Å². The van der Waals surface area contributed by atoms with Crippen LogP contribution in [0.1, 0.15) is 18.5 Å².